The smallest absolute Gasteiger partial charge is 0.346 e. The van der Waals surface area contributed by atoms with Crippen molar-refractivity contribution in [3.05, 3.63) is 28.0 Å². The fraction of sp³-hybridized carbons (Fsp3) is 0.300. The summed E-state index contributed by atoms with van der Waals surface area (Å²) in [5, 5.41) is 9.86. The molecule has 2 heterocycles. The van der Waals surface area contributed by atoms with E-state index in [1.54, 1.807) is 0 Å². The van der Waals surface area contributed by atoms with E-state index in [1.165, 1.54) is 19.1 Å². The number of hydrogen-bond acceptors (Lipinski definition) is 6. The first-order valence-electron chi connectivity index (χ1n) is 5.38. The van der Waals surface area contributed by atoms with Crippen LogP contribution in [-0.4, -0.2) is 39.7 Å². The Morgan fingerprint density at radius 2 is 2.15 bits per heavy atom. The van der Waals surface area contributed by atoms with Gasteiger partial charge in [0, 0.05) is 5.41 Å². The van der Waals surface area contributed by atoms with Crippen LogP contribution >= 0.6 is 11.3 Å². The minimum absolute atomic E-state index is 0.0556. The fourth-order valence-electron chi connectivity index (χ4n) is 1.70. The van der Waals surface area contributed by atoms with Crippen LogP contribution in [0.3, 0.4) is 0 Å². The molecular formula is C10H11NO6S3. The molecule has 0 radical (unpaired) electrons. The highest BCUT2D eigenvalue weighted by Gasteiger charge is 2.28. The second-order valence-corrected chi connectivity index (χ2v) is 9.19. The Hall–Kier alpha value is -1.23. The molecule has 0 aliphatic carbocycles. The summed E-state index contributed by atoms with van der Waals surface area (Å²) in [6.45, 7) is 1.50. The molecule has 1 atom stereocenters. The Morgan fingerprint density at radius 3 is 2.60 bits per heavy atom. The lowest BCUT2D eigenvalue weighted by molar-refractivity contribution is 0.0701. The fourth-order valence-corrected chi connectivity index (χ4v) is 5.63. The lowest BCUT2D eigenvalue weighted by Gasteiger charge is -2.08. The second-order valence-electron chi connectivity index (χ2n) is 4.27. The molecule has 7 nitrogen and oxygen atoms in total. The SMILES string of the molecule is Cc1cc(S(=O)(=O)NC2C=CS(=O)(=O)C2)sc1C(=O)O. The summed E-state index contributed by atoms with van der Waals surface area (Å²) >= 11 is 0.634. The largest absolute Gasteiger partial charge is 0.477 e. The Morgan fingerprint density at radius 1 is 1.50 bits per heavy atom. The van der Waals surface area contributed by atoms with E-state index in [-0.39, 0.29) is 14.8 Å². The number of nitrogens with one attached hydrogen (secondary N) is 1. The van der Waals surface area contributed by atoms with Gasteiger partial charge in [0.05, 0.1) is 11.8 Å². The van der Waals surface area contributed by atoms with Crippen LogP contribution in [0.1, 0.15) is 15.2 Å². The van der Waals surface area contributed by atoms with Gasteiger partial charge >= 0.3 is 5.97 Å². The Kier molecular flexibility index (Phi) is 3.75. The van der Waals surface area contributed by atoms with Crippen LogP contribution in [0.15, 0.2) is 21.8 Å². The van der Waals surface area contributed by atoms with Crippen LogP contribution < -0.4 is 4.72 Å². The number of rotatable bonds is 4. The maximum absolute atomic E-state index is 12.1. The maximum atomic E-state index is 12.1. The standard InChI is InChI=1S/C10H11NO6S3/c1-6-4-8(18-9(6)10(12)13)20(16,17)11-7-2-3-19(14,15)5-7/h2-4,7,11H,5H2,1H3,(H,12,13). The third-order valence-electron chi connectivity index (χ3n) is 2.59. The number of sulfonamides is 1. The van der Waals surface area contributed by atoms with Crippen LogP contribution in [0.4, 0.5) is 0 Å². The number of carbonyl (C=O) groups is 1. The van der Waals surface area contributed by atoms with Gasteiger partial charge < -0.3 is 5.11 Å². The van der Waals surface area contributed by atoms with E-state index in [0.717, 1.165) is 5.41 Å². The van der Waals surface area contributed by atoms with Crippen molar-refractivity contribution in [2.75, 3.05) is 5.75 Å². The summed E-state index contributed by atoms with van der Waals surface area (Å²) in [6.07, 6.45) is 1.26. The molecule has 10 heteroatoms. The van der Waals surface area contributed by atoms with Crippen molar-refractivity contribution in [1.82, 2.24) is 4.72 Å². The topological polar surface area (TPSA) is 118 Å². The second kappa shape index (κ2) is 4.95. The van der Waals surface area contributed by atoms with Gasteiger partial charge in [0.25, 0.3) is 10.0 Å². The van der Waals surface area contributed by atoms with Crippen molar-refractivity contribution >= 4 is 37.2 Å². The van der Waals surface area contributed by atoms with Gasteiger partial charge in [0.1, 0.15) is 9.09 Å². The molecule has 0 saturated heterocycles. The average Bonchev–Trinajstić information content (AvgIpc) is 2.82. The Labute approximate surface area is 119 Å². The van der Waals surface area contributed by atoms with Gasteiger partial charge in [-0.2, -0.15) is 0 Å². The van der Waals surface area contributed by atoms with Crippen LogP contribution in [0.2, 0.25) is 0 Å². The molecule has 2 N–H and O–H groups in total. The zero-order valence-corrected chi connectivity index (χ0v) is 12.7. The molecular weight excluding hydrogens is 326 g/mol. The van der Waals surface area contributed by atoms with E-state index < -0.39 is 31.9 Å². The molecule has 2 rings (SSSR count). The van der Waals surface area contributed by atoms with Crippen molar-refractivity contribution in [2.24, 2.45) is 0 Å². The number of aryl methyl sites for hydroxylation is 1. The molecule has 0 spiro atoms. The van der Waals surface area contributed by atoms with E-state index in [2.05, 4.69) is 4.72 Å². The van der Waals surface area contributed by atoms with Crippen molar-refractivity contribution in [3.63, 3.8) is 0 Å². The van der Waals surface area contributed by atoms with Crippen molar-refractivity contribution < 1.29 is 26.7 Å². The Balaban J connectivity index is 2.26. The number of aromatic carboxylic acids is 1. The minimum atomic E-state index is -3.94. The lowest BCUT2D eigenvalue weighted by atomic mass is 10.3. The molecule has 20 heavy (non-hydrogen) atoms. The van der Waals surface area contributed by atoms with Crippen LogP contribution in [0.25, 0.3) is 0 Å². The van der Waals surface area contributed by atoms with Gasteiger partial charge in [-0.05, 0) is 18.6 Å². The summed E-state index contributed by atoms with van der Waals surface area (Å²) in [5.41, 5.74) is 0.345. The summed E-state index contributed by atoms with van der Waals surface area (Å²) in [4.78, 5) is 10.8. The molecule has 110 valence electrons. The molecule has 1 aromatic rings. The average molecular weight is 337 g/mol. The van der Waals surface area contributed by atoms with Crippen molar-refractivity contribution in [1.29, 1.82) is 0 Å². The zero-order valence-electron chi connectivity index (χ0n) is 10.2. The molecule has 1 aromatic heterocycles. The summed E-state index contributed by atoms with van der Waals surface area (Å²) in [7, 11) is -7.30. The molecule has 0 bridgehead atoms. The number of hydrogen-bond donors (Lipinski definition) is 2. The van der Waals surface area contributed by atoms with Gasteiger partial charge in [-0.1, -0.05) is 6.08 Å². The Bertz CT molecular complexity index is 787. The maximum Gasteiger partial charge on any atom is 0.346 e. The molecule has 0 saturated carbocycles. The first-order valence-corrected chi connectivity index (χ1v) is 9.39. The first-order chi connectivity index (χ1) is 9.11. The highest BCUT2D eigenvalue weighted by atomic mass is 32.2. The van der Waals surface area contributed by atoms with Gasteiger partial charge in [0.2, 0.25) is 0 Å². The number of thiophene rings is 1. The van der Waals surface area contributed by atoms with E-state index in [9.17, 15) is 21.6 Å². The van der Waals surface area contributed by atoms with Crippen LogP contribution in [0.5, 0.6) is 0 Å². The summed E-state index contributed by atoms with van der Waals surface area (Å²) in [5.74, 6) is -1.53. The third-order valence-corrected chi connectivity index (χ3v) is 7.18. The monoisotopic (exact) mass is 337 g/mol. The van der Waals surface area contributed by atoms with E-state index >= 15 is 0 Å². The zero-order chi connectivity index (χ0) is 15.1. The molecule has 0 aromatic carbocycles. The first kappa shape index (κ1) is 15.2. The number of carboxylic acid groups (broad SMARTS) is 1. The summed E-state index contributed by atoms with van der Waals surface area (Å²) < 4.78 is 48.6. The van der Waals surface area contributed by atoms with Gasteiger partial charge in [-0.15, -0.1) is 11.3 Å². The lowest BCUT2D eigenvalue weighted by Crippen LogP contribution is -2.35. The molecule has 1 aliphatic heterocycles. The molecule has 0 fully saturated rings. The van der Waals surface area contributed by atoms with Crippen LogP contribution in [-0.2, 0) is 19.9 Å². The molecule has 1 unspecified atom stereocenters. The van der Waals surface area contributed by atoms with Gasteiger partial charge in [0.15, 0.2) is 9.84 Å². The number of carboxylic acids is 1. The predicted octanol–water partition coefficient (Wildman–Crippen LogP) is 0.344. The highest BCUT2D eigenvalue weighted by Crippen LogP contribution is 2.26. The predicted molar refractivity (Wildman–Crippen MR) is 73.1 cm³/mol. The van der Waals surface area contributed by atoms with Crippen LogP contribution in [0, 0.1) is 6.92 Å². The third kappa shape index (κ3) is 3.08. The van der Waals surface area contributed by atoms with Crippen molar-refractivity contribution in [3.8, 4) is 0 Å². The summed E-state index contributed by atoms with van der Waals surface area (Å²) in [6, 6.07) is 0.421. The normalized spacial score (nSPS) is 21.1. The molecule has 1 aliphatic rings. The quantitative estimate of drug-likeness (QED) is 0.818. The van der Waals surface area contributed by atoms with Gasteiger partial charge in [-0.25, -0.2) is 26.4 Å². The number of sulfone groups is 1. The van der Waals surface area contributed by atoms with Gasteiger partial charge in [-0.3, -0.25) is 0 Å². The minimum Gasteiger partial charge on any atom is -0.477 e. The van der Waals surface area contributed by atoms with E-state index in [0.29, 0.717) is 16.9 Å². The van der Waals surface area contributed by atoms with Crippen molar-refractivity contribution in [2.45, 2.75) is 17.2 Å². The van der Waals surface area contributed by atoms with E-state index in [1.807, 2.05) is 0 Å². The molecule has 0 amide bonds. The highest BCUT2D eigenvalue weighted by molar-refractivity contribution is 7.94. The van der Waals surface area contributed by atoms with E-state index in [4.69, 9.17) is 5.11 Å².